The number of aryl methyl sites for hydroxylation is 1. The predicted molar refractivity (Wildman–Crippen MR) is 108 cm³/mol. The summed E-state index contributed by atoms with van der Waals surface area (Å²) in [7, 11) is 0. The van der Waals surface area contributed by atoms with Crippen LogP contribution in [0.15, 0.2) is 36.4 Å². The van der Waals surface area contributed by atoms with E-state index in [1.54, 1.807) is 11.3 Å². The first-order valence-electron chi connectivity index (χ1n) is 10.00. The van der Waals surface area contributed by atoms with E-state index < -0.39 is 0 Å². The Balaban J connectivity index is 1.24. The van der Waals surface area contributed by atoms with Crippen LogP contribution in [0.4, 0.5) is 0 Å². The van der Waals surface area contributed by atoms with Crippen molar-refractivity contribution in [1.29, 1.82) is 0 Å². The third-order valence-electron chi connectivity index (χ3n) is 6.11. The average Bonchev–Trinajstić information content (AvgIpc) is 3.34. The molecule has 0 bridgehead atoms. The second kappa shape index (κ2) is 7.04. The average molecular weight is 383 g/mol. The monoisotopic (exact) mass is 382 g/mol. The number of morpholine rings is 1. The fourth-order valence-electron chi connectivity index (χ4n) is 4.48. The molecular weight excluding hydrogens is 356 g/mol. The third-order valence-corrected chi connectivity index (χ3v) is 7.39. The van der Waals surface area contributed by atoms with E-state index in [0.29, 0.717) is 12.1 Å². The highest BCUT2D eigenvalue weighted by molar-refractivity contribution is 7.17. The molecule has 4 nitrogen and oxygen atoms in total. The largest absolute Gasteiger partial charge is 0.375 e. The number of carbonyl (C=O) groups is 1. The number of carbonyl (C=O) groups excluding carboxylic acids is 1. The van der Waals surface area contributed by atoms with E-state index in [4.69, 9.17) is 4.74 Å². The molecule has 3 aliphatic rings. The number of thiophene rings is 1. The molecule has 1 aromatic heterocycles. The van der Waals surface area contributed by atoms with Crippen molar-refractivity contribution in [3.8, 4) is 10.4 Å². The summed E-state index contributed by atoms with van der Waals surface area (Å²) in [6.45, 7) is 4.90. The molecule has 1 aromatic carbocycles. The molecule has 0 spiro atoms. The molecule has 1 amide bonds. The normalized spacial score (nSPS) is 28.1. The third kappa shape index (κ3) is 3.56. The first kappa shape index (κ1) is 17.4. The standard InChI is InChI=1S/C22H26N2O2S/c1-14-9-20(27-21(14)16-5-3-2-4-6-16)22(25)23-17-10-18-13-26-19(15-7-8-15)12-24(18)11-17/h2-6,9,15,17-19H,7-8,10-13H2,1H3,(H,23,25)/t17-,18-,19+/m0/s1. The van der Waals surface area contributed by atoms with Crippen LogP contribution in [-0.4, -0.2) is 48.7 Å². The second-order valence-corrected chi connectivity index (χ2v) is 9.26. The molecule has 5 rings (SSSR count). The number of fused-ring (bicyclic) bond motifs is 1. The van der Waals surface area contributed by atoms with E-state index >= 15 is 0 Å². The Hall–Kier alpha value is -1.69. The smallest absolute Gasteiger partial charge is 0.261 e. The summed E-state index contributed by atoms with van der Waals surface area (Å²) in [5.74, 6) is 0.847. The Labute approximate surface area is 164 Å². The molecule has 2 aliphatic heterocycles. The molecule has 1 aliphatic carbocycles. The van der Waals surface area contributed by atoms with Crippen LogP contribution in [0.5, 0.6) is 0 Å². The van der Waals surface area contributed by atoms with Gasteiger partial charge in [0.1, 0.15) is 0 Å². The molecule has 27 heavy (non-hydrogen) atoms. The lowest BCUT2D eigenvalue weighted by Gasteiger charge is -2.35. The van der Waals surface area contributed by atoms with E-state index in [2.05, 4.69) is 29.3 Å². The minimum atomic E-state index is 0.0646. The van der Waals surface area contributed by atoms with Crippen molar-refractivity contribution in [2.24, 2.45) is 5.92 Å². The second-order valence-electron chi connectivity index (χ2n) is 8.21. The van der Waals surface area contributed by atoms with E-state index in [-0.39, 0.29) is 11.9 Å². The van der Waals surface area contributed by atoms with Gasteiger partial charge >= 0.3 is 0 Å². The number of ether oxygens (including phenoxy) is 1. The maximum atomic E-state index is 12.8. The topological polar surface area (TPSA) is 41.6 Å². The van der Waals surface area contributed by atoms with E-state index in [9.17, 15) is 4.79 Å². The Kier molecular flexibility index (Phi) is 4.54. The molecule has 1 saturated carbocycles. The summed E-state index contributed by atoms with van der Waals surface area (Å²) in [6, 6.07) is 13.0. The van der Waals surface area contributed by atoms with Gasteiger partial charge in [-0.3, -0.25) is 9.69 Å². The minimum Gasteiger partial charge on any atom is -0.375 e. The number of hydrogen-bond donors (Lipinski definition) is 1. The molecule has 5 heteroatoms. The van der Waals surface area contributed by atoms with Crippen molar-refractivity contribution in [2.75, 3.05) is 19.7 Å². The van der Waals surface area contributed by atoms with Gasteiger partial charge in [-0.25, -0.2) is 0 Å². The van der Waals surface area contributed by atoms with Crippen molar-refractivity contribution in [3.05, 3.63) is 46.8 Å². The quantitative estimate of drug-likeness (QED) is 0.877. The van der Waals surface area contributed by atoms with Crippen molar-refractivity contribution < 1.29 is 9.53 Å². The van der Waals surface area contributed by atoms with E-state index in [0.717, 1.165) is 36.9 Å². The van der Waals surface area contributed by atoms with Crippen LogP contribution in [0.1, 0.15) is 34.5 Å². The lowest BCUT2D eigenvalue weighted by Crippen LogP contribution is -2.47. The van der Waals surface area contributed by atoms with Gasteiger partial charge in [0.2, 0.25) is 0 Å². The Bertz CT molecular complexity index is 830. The molecular formula is C22H26N2O2S. The molecule has 0 unspecified atom stereocenters. The molecule has 142 valence electrons. The van der Waals surface area contributed by atoms with Gasteiger partial charge in [0.05, 0.1) is 17.6 Å². The van der Waals surface area contributed by atoms with Gasteiger partial charge in [-0.15, -0.1) is 11.3 Å². The van der Waals surface area contributed by atoms with E-state index in [1.807, 2.05) is 24.3 Å². The first-order valence-corrected chi connectivity index (χ1v) is 10.8. The van der Waals surface area contributed by atoms with Gasteiger partial charge in [0, 0.05) is 30.1 Å². The fraction of sp³-hybridized carbons (Fsp3) is 0.500. The lowest BCUT2D eigenvalue weighted by atomic mass is 10.1. The van der Waals surface area contributed by atoms with Crippen molar-refractivity contribution >= 4 is 17.2 Å². The van der Waals surface area contributed by atoms with Gasteiger partial charge in [-0.1, -0.05) is 30.3 Å². The maximum absolute atomic E-state index is 12.8. The van der Waals surface area contributed by atoms with Gasteiger partial charge < -0.3 is 10.1 Å². The first-order chi connectivity index (χ1) is 13.2. The lowest BCUT2D eigenvalue weighted by molar-refractivity contribution is -0.0581. The fourth-order valence-corrected chi connectivity index (χ4v) is 5.57. The zero-order valence-electron chi connectivity index (χ0n) is 15.7. The molecule has 3 heterocycles. The maximum Gasteiger partial charge on any atom is 0.261 e. The minimum absolute atomic E-state index is 0.0646. The van der Waals surface area contributed by atoms with Crippen LogP contribution in [0, 0.1) is 12.8 Å². The number of benzene rings is 1. The highest BCUT2D eigenvalue weighted by Gasteiger charge is 2.42. The summed E-state index contributed by atoms with van der Waals surface area (Å²) in [4.78, 5) is 17.4. The van der Waals surface area contributed by atoms with Crippen molar-refractivity contribution in [2.45, 2.75) is 44.4 Å². The van der Waals surface area contributed by atoms with Crippen LogP contribution in [-0.2, 0) is 4.74 Å². The number of nitrogens with one attached hydrogen (secondary N) is 1. The van der Waals surface area contributed by atoms with Crippen molar-refractivity contribution in [1.82, 2.24) is 10.2 Å². The van der Waals surface area contributed by atoms with E-state index in [1.165, 1.54) is 28.8 Å². The SMILES string of the molecule is Cc1cc(C(=O)N[C@H]2C[C@H]3CO[C@@H](C4CC4)CN3C2)sc1-c1ccccc1. The Morgan fingerprint density at radius 2 is 2.04 bits per heavy atom. The molecule has 3 atom stereocenters. The molecule has 2 saturated heterocycles. The highest BCUT2D eigenvalue weighted by atomic mass is 32.1. The predicted octanol–water partition coefficient (Wildman–Crippen LogP) is 3.71. The summed E-state index contributed by atoms with van der Waals surface area (Å²) >= 11 is 1.59. The summed E-state index contributed by atoms with van der Waals surface area (Å²) in [5, 5.41) is 3.28. The summed E-state index contributed by atoms with van der Waals surface area (Å²) in [6.07, 6.45) is 4.07. The number of rotatable bonds is 4. The zero-order valence-corrected chi connectivity index (χ0v) is 16.5. The molecule has 3 fully saturated rings. The summed E-state index contributed by atoms with van der Waals surface area (Å²) < 4.78 is 6.07. The molecule has 2 aromatic rings. The van der Waals surface area contributed by atoms with Crippen LogP contribution in [0.25, 0.3) is 10.4 Å². The number of amides is 1. The van der Waals surface area contributed by atoms with Crippen LogP contribution >= 0.6 is 11.3 Å². The number of hydrogen-bond acceptors (Lipinski definition) is 4. The highest BCUT2D eigenvalue weighted by Crippen LogP contribution is 2.38. The van der Waals surface area contributed by atoms with Gasteiger partial charge in [-0.2, -0.15) is 0 Å². The Morgan fingerprint density at radius 3 is 2.81 bits per heavy atom. The molecule has 1 N–H and O–H groups in total. The van der Waals surface area contributed by atoms with Crippen LogP contribution in [0.2, 0.25) is 0 Å². The number of nitrogens with zero attached hydrogens (tertiary/aromatic N) is 1. The van der Waals surface area contributed by atoms with Gasteiger partial charge in [-0.05, 0) is 49.3 Å². The van der Waals surface area contributed by atoms with Gasteiger partial charge in [0.15, 0.2) is 0 Å². The molecule has 0 radical (unpaired) electrons. The summed E-state index contributed by atoms with van der Waals surface area (Å²) in [5.41, 5.74) is 2.35. The Morgan fingerprint density at radius 1 is 1.22 bits per heavy atom. The zero-order chi connectivity index (χ0) is 18.4. The van der Waals surface area contributed by atoms with Gasteiger partial charge in [0.25, 0.3) is 5.91 Å². The van der Waals surface area contributed by atoms with Crippen LogP contribution < -0.4 is 5.32 Å². The van der Waals surface area contributed by atoms with Crippen LogP contribution in [0.3, 0.4) is 0 Å². The van der Waals surface area contributed by atoms with Crippen molar-refractivity contribution in [3.63, 3.8) is 0 Å².